The lowest BCUT2D eigenvalue weighted by atomic mass is 10.1. The first-order valence-corrected chi connectivity index (χ1v) is 7.57. The van der Waals surface area contributed by atoms with Gasteiger partial charge in [0, 0.05) is 10.6 Å². The highest BCUT2D eigenvalue weighted by Crippen LogP contribution is 2.27. The van der Waals surface area contributed by atoms with Crippen LogP contribution in [0.2, 0.25) is 0 Å². The van der Waals surface area contributed by atoms with Crippen molar-refractivity contribution < 1.29 is 19.0 Å². The van der Waals surface area contributed by atoms with E-state index in [4.69, 9.17) is 9.47 Å². The van der Waals surface area contributed by atoms with E-state index in [9.17, 15) is 4.79 Å². The maximum Gasteiger partial charge on any atom is 0.309 e. The van der Waals surface area contributed by atoms with Gasteiger partial charge in [-0.3, -0.25) is 4.79 Å². The second-order valence-corrected chi connectivity index (χ2v) is 6.26. The molecule has 1 aliphatic heterocycles. The highest BCUT2D eigenvalue weighted by atomic mass is 32.2. The van der Waals surface area contributed by atoms with Gasteiger partial charge in [0.05, 0.1) is 26.2 Å². The number of hydrogen-bond acceptors (Lipinski definition) is 5. The number of methoxy groups -OCH3 is 1. The highest BCUT2D eigenvalue weighted by Gasteiger charge is 2.32. The average Bonchev–Trinajstić information content (AvgIpc) is 2.76. The Hall–Kier alpha value is -1.04. The van der Waals surface area contributed by atoms with E-state index >= 15 is 0 Å². The minimum atomic E-state index is -0.474. The molecule has 1 aliphatic rings. The summed E-state index contributed by atoms with van der Waals surface area (Å²) in [5, 5.41) is 0. The minimum absolute atomic E-state index is 0.110. The molecule has 4 nitrogen and oxygen atoms in total. The number of carbonyl (C=O) groups is 1. The Morgan fingerprint density at radius 3 is 2.95 bits per heavy atom. The van der Waals surface area contributed by atoms with Crippen LogP contribution in [0.25, 0.3) is 0 Å². The molecular weight excluding hydrogens is 276 g/mol. The van der Waals surface area contributed by atoms with Gasteiger partial charge in [0.25, 0.3) is 0 Å². The number of rotatable bonds is 5. The quantitative estimate of drug-likeness (QED) is 0.617. The summed E-state index contributed by atoms with van der Waals surface area (Å²) in [4.78, 5) is 12.4. The summed E-state index contributed by atoms with van der Waals surface area (Å²) in [6, 6.07) is 7.94. The van der Waals surface area contributed by atoms with Crippen LogP contribution in [0.1, 0.15) is 19.4 Å². The average molecular weight is 296 g/mol. The lowest BCUT2D eigenvalue weighted by Crippen LogP contribution is -2.22. The fourth-order valence-electron chi connectivity index (χ4n) is 2.02. The summed E-state index contributed by atoms with van der Waals surface area (Å²) in [5.74, 6) is 0.143. The Labute approximate surface area is 123 Å². The summed E-state index contributed by atoms with van der Waals surface area (Å²) in [5.41, 5.74) is 0.964. The largest absolute Gasteiger partial charge is 0.469 e. The van der Waals surface area contributed by atoms with E-state index in [2.05, 4.69) is 4.74 Å². The van der Waals surface area contributed by atoms with Gasteiger partial charge in [0.15, 0.2) is 5.79 Å². The van der Waals surface area contributed by atoms with Gasteiger partial charge in [-0.15, -0.1) is 11.8 Å². The molecule has 0 amide bonds. The zero-order valence-corrected chi connectivity index (χ0v) is 12.9. The monoisotopic (exact) mass is 296 g/mol. The molecule has 1 aromatic carbocycles. The Morgan fingerprint density at radius 1 is 1.50 bits per heavy atom. The highest BCUT2D eigenvalue weighted by molar-refractivity contribution is 7.99. The Morgan fingerprint density at radius 2 is 2.30 bits per heavy atom. The molecule has 1 unspecified atom stereocenters. The second-order valence-electron chi connectivity index (χ2n) is 5.16. The van der Waals surface area contributed by atoms with Crippen LogP contribution < -0.4 is 0 Å². The molecule has 0 aromatic heterocycles. The fourth-order valence-corrected chi connectivity index (χ4v) is 2.97. The predicted molar refractivity (Wildman–Crippen MR) is 77.8 cm³/mol. The van der Waals surface area contributed by atoms with Crippen molar-refractivity contribution in [3.8, 4) is 0 Å². The Balaban J connectivity index is 1.87. The number of ether oxygens (including phenoxy) is 3. The molecule has 1 atom stereocenters. The van der Waals surface area contributed by atoms with Crippen molar-refractivity contribution in [3.05, 3.63) is 29.8 Å². The van der Waals surface area contributed by atoms with E-state index in [0.717, 1.165) is 16.2 Å². The van der Waals surface area contributed by atoms with Crippen LogP contribution in [0.3, 0.4) is 0 Å². The fraction of sp³-hybridized carbons (Fsp3) is 0.533. The van der Waals surface area contributed by atoms with Gasteiger partial charge in [-0.1, -0.05) is 12.1 Å². The zero-order chi connectivity index (χ0) is 14.6. The van der Waals surface area contributed by atoms with Crippen LogP contribution in [0.5, 0.6) is 0 Å². The van der Waals surface area contributed by atoms with E-state index in [0.29, 0.717) is 13.0 Å². The van der Waals surface area contributed by atoms with Crippen LogP contribution in [-0.4, -0.2) is 37.3 Å². The van der Waals surface area contributed by atoms with Gasteiger partial charge >= 0.3 is 5.97 Å². The molecule has 0 bridgehead atoms. The summed E-state index contributed by atoms with van der Waals surface area (Å²) in [7, 11) is 1.40. The van der Waals surface area contributed by atoms with Gasteiger partial charge in [-0.25, -0.2) is 0 Å². The molecule has 2 rings (SSSR count). The van der Waals surface area contributed by atoms with Crippen LogP contribution >= 0.6 is 11.8 Å². The summed E-state index contributed by atoms with van der Waals surface area (Å²) in [6.07, 6.45) is 0.417. The summed E-state index contributed by atoms with van der Waals surface area (Å²) >= 11 is 1.71. The van der Waals surface area contributed by atoms with Crippen LogP contribution in [0.15, 0.2) is 29.2 Å². The van der Waals surface area contributed by atoms with E-state index < -0.39 is 5.79 Å². The summed E-state index contributed by atoms with van der Waals surface area (Å²) in [6.45, 7) is 4.48. The molecule has 20 heavy (non-hydrogen) atoms. The molecule has 0 aliphatic carbocycles. The third-order valence-electron chi connectivity index (χ3n) is 2.98. The Kier molecular flexibility index (Phi) is 5.07. The predicted octanol–water partition coefficient (Wildman–Crippen LogP) is 2.65. The number of thioether (sulfide) groups is 1. The van der Waals surface area contributed by atoms with Crippen LogP contribution in [0, 0.1) is 0 Å². The van der Waals surface area contributed by atoms with Crippen molar-refractivity contribution in [2.45, 2.75) is 37.1 Å². The lowest BCUT2D eigenvalue weighted by Gasteiger charge is -2.16. The molecule has 1 heterocycles. The first kappa shape index (κ1) is 15.4. The normalized spacial score (nSPS) is 20.9. The topological polar surface area (TPSA) is 44.8 Å². The smallest absolute Gasteiger partial charge is 0.309 e. The van der Waals surface area contributed by atoms with Crippen molar-refractivity contribution in [2.75, 3.05) is 19.5 Å². The maximum atomic E-state index is 11.3. The number of carbonyl (C=O) groups excluding carboxylic acids is 1. The van der Waals surface area contributed by atoms with Crippen LogP contribution in [-0.2, 0) is 25.4 Å². The van der Waals surface area contributed by atoms with Crippen LogP contribution in [0.4, 0.5) is 0 Å². The van der Waals surface area contributed by atoms with Gasteiger partial charge < -0.3 is 14.2 Å². The van der Waals surface area contributed by atoms with Crippen molar-refractivity contribution in [1.29, 1.82) is 0 Å². The van der Waals surface area contributed by atoms with E-state index in [1.165, 1.54) is 7.11 Å². The lowest BCUT2D eigenvalue weighted by molar-refractivity contribution is -0.139. The first-order valence-electron chi connectivity index (χ1n) is 6.59. The standard InChI is InChI=1S/C15H20O4S/c1-15(2)18-9-12(19-15)10-20-13-6-4-5-11(7-13)8-14(16)17-3/h4-7,12H,8-10H2,1-3H3. The second kappa shape index (κ2) is 6.61. The molecular formula is C15H20O4S. The van der Waals surface area contributed by atoms with Gasteiger partial charge in [-0.05, 0) is 31.5 Å². The number of hydrogen-bond donors (Lipinski definition) is 0. The number of benzene rings is 1. The maximum absolute atomic E-state index is 11.3. The SMILES string of the molecule is COC(=O)Cc1cccc(SCC2COC(C)(C)O2)c1. The molecule has 0 spiro atoms. The van der Waals surface area contributed by atoms with Gasteiger partial charge in [0.1, 0.15) is 0 Å². The zero-order valence-electron chi connectivity index (χ0n) is 12.0. The van der Waals surface area contributed by atoms with Gasteiger partial charge in [0.2, 0.25) is 0 Å². The van der Waals surface area contributed by atoms with E-state index in [1.54, 1.807) is 11.8 Å². The molecule has 1 fully saturated rings. The third-order valence-corrected chi connectivity index (χ3v) is 4.10. The molecule has 0 saturated carbocycles. The molecule has 0 radical (unpaired) electrons. The van der Waals surface area contributed by atoms with E-state index in [-0.39, 0.29) is 12.1 Å². The molecule has 1 saturated heterocycles. The minimum Gasteiger partial charge on any atom is -0.469 e. The third kappa shape index (κ3) is 4.51. The molecule has 0 N–H and O–H groups in total. The molecule has 110 valence electrons. The van der Waals surface area contributed by atoms with Crippen molar-refractivity contribution in [1.82, 2.24) is 0 Å². The first-order chi connectivity index (χ1) is 9.48. The molecule has 1 aromatic rings. The summed E-state index contributed by atoms with van der Waals surface area (Å²) < 4.78 is 16.0. The van der Waals surface area contributed by atoms with Crippen molar-refractivity contribution >= 4 is 17.7 Å². The van der Waals surface area contributed by atoms with E-state index in [1.807, 2.05) is 38.1 Å². The van der Waals surface area contributed by atoms with Crippen molar-refractivity contribution in [2.24, 2.45) is 0 Å². The van der Waals surface area contributed by atoms with Gasteiger partial charge in [-0.2, -0.15) is 0 Å². The Bertz CT molecular complexity index is 473. The van der Waals surface area contributed by atoms with Crippen molar-refractivity contribution in [3.63, 3.8) is 0 Å². The molecule has 5 heteroatoms. The number of esters is 1.